The lowest BCUT2D eigenvalue weighted by molar-refractivity contribution is -0.0102. The molecule has 1 aromatic carbocycles. The molecule has 3 aliphatic carbocycles. The summed E-state index contributed by atoms with van der Waals surface area (Å²) in [7, 11) is 2.18. The largest absolute Gasteiger partial charge is 0.295 e. The molecule has 0 N–H and O–H groups in total. The van der Waals surface area contributed by atoms with Gasteiger partial charge in [0.25, 0.3) is 0 Å². The van der Waals surface area contributed by atoms with Crippen LogP contribution in [0.15, 0.2) is 65.6 Å². The van der Waals surface area contributed by atoms with Crippen LogP contribution in [0.5, 0.6) is 0 Å². The van der Waals surface area contributed by atoms with Gasteiger partial charge in [0.05, 0.1) is 12.2 Å². The van der Waals surface area contributed by atoms with Crippen LogP contribution in [0.25, 0.3) is 5.69 Å². The lowest BCUT2D eigenvalue weighted by Crippen LogP contribution is -2.49. The highest BCUT2D eigenvalue weighted by molar-refractivity contribution is 7.98. The summed E-state index contributed by atoms with van der Waals surface area (Å²) in [6.07, 6.45) is 8.70. The molecule has 2 aromatic heterocycles. The van der Waals surface area contributed by atoms with Crippen LogP contribution in [-0.2, 0) is 12.3 Å². The highest BCUT2D eigenvalue weighted by Crippen LogP contribution is 2.59. The summed E-state index contributed by atoms with van der Waals surface area (Å²) in [4.78, 5) is 6.47. The van der Waals surface area contributed by atoms with Crippen LogP contribution in [0.2, 0.25) is 5.02 Å². The van der Waals surface area contributed by atoms with E-state index in [1.54, 1.807) is 17.3 Å². The Bertz CT molecular complexity index is 1160. The van der Waals surface area contributed by atoms with Gasteiger partial charge in [0, 0.05) is 29.7 Å². The lowest BCUT2D eigenvalue weighted by Gasteiger charge is -2.57. The van der Waals surface area contributed by atoms with Crippen molar-refractivity contribution in [1.82, 2.24) is 24.6 Å². The second-order valence-electron chi connectivity index (χ2n) is 9.85. The quantitative estimate of drug-likeness (QED) is 0.291. The number of thioether (sulfide) groups is 1. The molecule has 0 spiro atoms. The zero-order valence-corrected chi connectivity index (χ0v) is 21.0. The number of aromatic nitrogens is 4. The molecule has 7 heteroatoms. The second kappa shape index (κ2) is 9.24. The minimum atomic E-state index is 0.447. The number of benzene rings is 1. The summed E-state index contributed by atoms with van der Waals surface area (Å²) in [6.45, 7) is 6.56. The topological polar surface area (TPSA) is 46.8 Å². The maximum Gasteiger partial charge on any atom is 0.196 e. The van der Waals surface area contributed by atoms with Gasteiger partial charge in [-0.15, -0.1) is 10.2 Å². The van der Waals surface area contributed by atoms with E-state index in [1.807, 2.05) is 42.7 Å². The van der Waals surface area contributed by atoms with E-state index in [-0.39, 0.29) is 0 Å². The van der Waals surface area contributed by atoms with Gasteiger partial charge in [-0.3, -0.25) is 14.5 Å². The van der Waals surface area contributed by atoms with Gasteiger partial charge in [0.15, 0.2) is 11.0 Å². The van der Waals surface area contributed by atoms with Crippen LogP contribution in [-0.4, -0.2) is 38.2 Å². The molecule has 0 saturated heterocycles. The molecule has 2 bridgehead atoms. The van der Waals surface area contributed by atoms with Crippen molar-refractivity contribution in [2.24, 2.45) is 17.3 Å². The third-order valence-corrected chi connectivity index (χ3v) is 8.57. The fourth-order valence-electron chi connectivity index (χ4n) is 5.26. The summed E-state index contributed by atoms with van der Waals surface area (Å²) in [5.41, 5.74) is 4.24. The number of rotatable bonds is 8. The average molecular weight is 480 g/mol. The monoisotopic (exact) mass is 479 g/mol. The van der Waals surface area contributed by atoms with Gasteiger partial charge < -0.3 is 0 Å². The molecule has 1 saturated carbocycles. The highest BCUT2D eigenvalue weighted by Gasteiger charge is 2.51. The molecule has 0 amide bonds. The second-order valence-corrected chi connectivity index (χ2v) is 11.2. The summed E-state index contributed by atoms with van der Waals surface area (Å²) < 4.78 is 2.15. The van der Waals surface area contributed by atoms with E-state index in [0.717, 1.165) is 47.3 Å². The van der Waals surface area contributed by atoms with Gasteiger partial charge in [-0.1, -0.05) is 54.9 Å². The van der Waals surface area contributed by atoms with Crippen LogP contribution >= 0.6 is 23.4 Å². The third kappa shape index (κ3) is 4.61. The maximum atomic E-state index is 6.34. The van der Waals surface area contributed by atoms with Crippen LogP contribution in [0.1, 0.15) is 38.1 Å². The number of nitrogens with zero attached hydrogens (tertiary/aromatic N) is 5. The Kier molecular flexibility index (Phi) is 6.34. The smallest absolute Gasteiger partial charge is 0.196 e. The van der Waals surface area contributed by atoms with Gasteiger partial charge in [0.2, 0.25) is 0 Å². The summed E-state index contributed by atoms with van der Waals surface area (Å²) in [5, 5.41) is 10.7. The molecule has 33 heavy (non-hydrogen) atoms. The first-order valence-corrected chi connectivity index (χ1v) is 12.9. The Labute approximate surface area is 205 Å². The fraction of sp³-hybridized carbons (Fsp3) is 0.423. The first-order chi connectivity index (χ1) is 15.9. The molecule has 6 rings (SSSR count). The summed E-state index contributed by atoms with van der Waals surface area (Å²) in [5.74, 6) is 3.32. The van der Waals surface area contributed by atoms with Gasteiger partial charge >= 0.3 is 0 Å². The molecular weight excluding hydrogens is 450 g/mol. The Hall–Kier alpha value is -2.15. The number of hydrogen-bond acceptors (Lipinski definition) is 5. The van der Waals surface area contributed by atoms with Crippen molar-refractivity contribution in [1.29, 1.82) is 0 Å². The van der Waals surface area contributed by atoms with Crippen molar-refractivity contribution >= 4 is 23.4 Å². The van der Waals surface area contributed by atoms with Crippen molar-refractivity contribution in [3.8, 4) is 5.69 Å². The number of likely N-dealkylation sites (N-methyl/N-ethyl adjacent to an activating group) is 1. The predicted octanol–water partition coefficient (Wildman–Crippen LogP) is 6.03. The molecule has 0 unspecified atom stereocenters. The average Bonchev–Trinajstić information content (AvgIpc) is 3.20. The van der Waals surface area contributed by atoms with Crippen LogP contribution in [0.3, 0.4) is 0 Å². The number of pyridine rings is 1. The SMILES string of the molecule is CN(CC1=CC[C@H]2C[C@@H]1C2(C)C)Cc1nnc(SCc2ccncc2)n1-c1cccc(Cl)c1. The zero-order chi connectivity index (χ0) is 23.0. The normalized spacial score (nSPS) is 21.1. The standard InChI is InChI=1S/C26H30ClN5S/c1-26(2)20-8-7-19(23(26)13-20)15-31(3)16-24-29-30-25(33-17-18-9-11-28-12-10-18)32(24)22-6-4-5-21(27)14-22/h4-7,9-12,14,20,23H,8,13,15-17H2,1-3H3/t20-,23-/m0/s1. The Morgan fingerprint density at radius 1 is 1.15 bits per heavy atom. The Balaban J connectivity index is 1.36. The number of halogens is 1. The van der Waals surface area contributed by atoms with Crippen LogP contribution in [0.4, 0.5) is 0 Å². The van der Waals surface area contributed by atoms with E-state index in [1.165, 1.54) is 18.4 Å². The number of allylic oxidation sites excluding steroid dienone is 1. The molecule has 3 aromatic rings. The lowest BCUT2D eigenvalue weighted by atomic mass is 9.49. The van der Waals surface area contributed by atoms with E-state index >= 15 is 0 Å². The fourth-order valence-corrected chi connectivity index (χ4v) is 6.37. The molecule has 0 radical (unpaired) electrons. The van der Waals surface area contributed by atoms with E-state index in [2.05, 4.69) is 57.7 Å². The number of fused-ring (bicyclic) bond motifs is 1. The van der Waals surface area contributed by atoms with Gasteiger partial charge in [-0.05, 0) is 73.0 Å². The molecular formula is C26H30ClN5S. The van der Waals surface area contributed by atoms with Crippen molar-refractivity contribution in [2.45, 2.75) is 44.1 Å². The van der Waals surface area contributed by atoms with Crippen molar-refractivity contribution in [2.75, 3.05) is 13.6 Å². The molecule has 5 nitrogen and oxygen atoms in total. The molecule has 3 aliphatic rings. The summed E-state index contributed by atoms with van der Waals surface area (Å²) in [6, 6.07) is 12.0. The first-order valence-electron chi connectivity index (χ1n) is 11.5. The van der Waals surface area contributed by atoms with E-state index in [0.29, 0.717) is 10.4 Å². The molecule has 1 fully saturated rings. The Morgan fingerprint density at radius 3 is 2.70 bits per heavy atom. The van der Waals surface area contributed by atoms with Crippen molar-refractivity contribution < 1.29 is 0 Å². The van der Waals surface area contributed by atoms with Gasteiger partial charge in [0.1, 0.15) is 0 Å². The molecule has 2 atom stereocenters. The maximum absolute atomic E-state index is 6.34. The van der Waals surface area contributed by atoms with Crippen LogP contribution < -0.4 is 0 Å². The van der Waals surface area contributed by atoms with Crippen molar-refractivity contribution in [3.05, 3.63) is 76.9 Å². The van der Waals surface area contributed by atoms with E-state index < -0.39 is 0 Å². The predicted molar refractivity (Wildman–Crippen MR) is 135 cm³/mol. The zero-order valence-electron chi connectivity index (χ0n) is 19.4. The van der Waals surface area contributed by atoms with Crippen LogP contribution in [0, 0.1) is 17.3 Å². The highest BCUT2D eigenvalue weighted by atomic mass is 35.5. The van der Waals surface area contributed by atoms with E-state index in [9.17, 15) is 0 Å². The minimum Gasteiger partial charge on any atom is -0.295 e. The van der Waals surface area contributed by atoms with E-state index in [4.69, 9.17) is 11.6 Å². The molecule has 0 aliphatic heterocycles. The summed E-state index contributed by atoms with van der Waals surface area (Å²) >= 11 is 8.01. The Morgan fingerprint density at radius 2 is 1.97 bits per heavy atom. The molecule has 2 heterocycles. The first kappa shape index (κ1) is 22.6. The van der Waals surface area contributed by atoms with Gasteiger partial charge in [-0.2, -0.15) is 0 Å². The number of hydrogen-bond donors (Lipinski definition) is 0. The molecule has 172 valence electrons. The van der Waals surface area contributed by atoms with Crippen molar-refractivity contribution in [3.63, 3.8) is 0 Å². The third-order valence-electron chi connectivity index (χ3n) is 7.33. The minimum absolute atomic E-state index is 0.447. The van der Waals surface area contributed by atoms with Gasteiger partial charge in [-0.25, -0.2) is 0 Å².